The van der Waals surface area contributed by atoms with Crippen molar-refractivity contribution in [2.75, 3.05) is 16.8 Å². The minimum absolute atomic E-state index is 0.248. The first kappa shape index (κ1) is 11.0. The number of rotatable bonds is 1. The summed E-state index contributed by atoms with van der Waals surface area (Å²) in [5.41, 5.74) is 3.51. The summed E-state index contributed by atoms with van der Waals surface area (Å²) in [4.78, 5) is 13.2. The zero-order chi connectivity index (χ0) is 12.7. The van der Waals surface area contributed by atoms with E-state index in [2.05, 4.69) is 46.7 Å². The fourth-order valence-electron chi connectivity index (χ4n) is 2.44. The number of pyridine rings is 2. The minimum Gasteiger partial charge on any atom is -0.337 e. The van der Waals surface area contributed by atoms with Crippen LogP contribution in [0.25, 0.3) is 0 Å². The van der Waals surface area contributed by atoms with Gasteiger partial charge in [0.1, 0.15) is 6.17 Å². The molecule has 0 spiro atoms. The van der Waals surface area contributed by atoms with Crippen LogP contribution in [0.5, 0.6) is 0 Å². The van der Waals surface area contributed by atoms with Gasteiger partial charge in [0.15, 0.2) is 5.82 Å². The molecular weight excluding hydrogens is 224 g/mol. The molecule has 2 aromatic heterocycles. The second kappa shape index (κ2) is 3.98. The second-order valence-corrected chi connectivity index (χ2v) is 4.62. The summed E-state index contributed by atoms with van der Waals surface area (Å²) in [6, 6.07) is 6.12. The van der Waals surface area contributed by atoms with Crippen LogP contribution in [0.4, 0.5) is 17.2 Å². The maximum atomic E-state index is 4.46. The summed E-state index contributed by atoms with van der Waals surface area (Å²) >= 11 is 0. The number of aromatic nitrogens is 2. The first-order valence-corrected chi connectivity index (χ1v) is 6.08. The number of hydrogen-bond donors (Lipinski definition) is 0. The molecule has 4 heteroatoms. The van der Waals surface area contributed by atoms with E-state index < -0.39 is 0 Å². The topological polar surface area (TPSA) is 32.3 Å². The predicted octanol–water partition coefficient (Wildman–Crippen LogP) is 2.72. The molecule has 0 bridgehead atoms. The Morgan fingerprint density at radius 2 is 2.00 bits per heavy atom. The Labute approximate surface area is 107 Å². The molecule has 1 aliphatic rings. The van der Waals surface area contributed by atoms with Gasteiger partial charge in [0.05, 0.1) is 17.6 Å². The van der Waals surface area contributed by atoms with Crippen molar-refractivity contribution in [2.45, 2.75) is 20.0 Å². The molecule has 4 nitrogen and oxygen atoms in total. The highest BCUT2D eigenvalue weighted by atomic mass is 15.4. The van der Waals surface area contributed by atoms with E-state index in [4.69, 9.17) is 0 Å². The fourth-order valence-corrected chi connectivity index (χ4v) is 2.44. The van der Waals surface area contributed by atoms with Crippen LogP contribution in [0.2, 0.25) is 0 Å². The van der Waals surface area contributed by atoms with Gasteiger partial charge in [-0.2, -0.15) is 0 Å². The third-order valence-electron chi connectivity index (χ3n) is 3.56. The normalized spacial score (nSPS) is 18.1. The van der Waals surface area contributed by atoms with Crippen molar-refractivity contribution < 1.29 is 0 Å². The summed E-state index contributed by atoms with van der Waals surface area (Å²) < 4.78 is 0. The molecule has 0 saturated heterocycles. The summed E-state index contributed by atoms with van der Waals surface area (Å²) in [7, 11) is 2.07. The standard InChI is InChI=1S/C14H16N4/c1-10-6-8-15-9-13(10)18-11(2)17(3)14-12(18)5-4-7-16-14/h4-9,11H,1-3H3. The molecule has 3 rings (SSSR count). The van der Waals surface area contributed by atoms with E-state index in [1.54, 1.807) is 0 Å². The van der Waals surface area contributed by atoms with Crippen LogP contribution in [0.3, 0.4) is 0 Å². The van der Waals surface area contributed by atoms with Gasteiger partial charge in [-0.15, -0.1) is 0 Å². The molecule has 1 unspecified atom stereocenters. The lowest BCUT2D eigenvalue weighted by Crippen LogP contribution is -2.36. The Kier molecular flexibility index (Phi) is 2.44. The number of nitrogens with zero attached hydrogens (tertiary/aromatic N) is 4. The summed E-state index contributed by atoms with van der Waals surface area (Å²) in [5, 5.41) is 0. The van der Waals surface area contributed by atoms with Gasteiger partial charge in [-0.05, 0) is 37.6 Å². The van der Waals surface area contributed by atoms with Crippen molar-refractivity contribution in [3.05, 3.63) is 42.4 Å². The van der Waals surface area contributed by atoms with E-state index in [-0.39, 0.29) is 6.17 Å². The highest BCUT2D eigenvalue weighted by Gasteiger charge is 2.32. The van der Waals surface area contributed by atoms with Gasteiger partial charge in [0.2, 0.25) is 0 Å². The number of aryl methyl sites for hydroxylation is 1. The monoisotopic (exact) mass is 240 g/mol. The highest BCUT2D eigenvalue weighted by molar-refractivity contribution is 5.81. The molecule has 1 aliphatic heterocycles. The van der Waals surface area contributed by atoms with Crippen LogP contribution < -0.4 is 9.80 Å². The Bertz CT molecular complexity index is 582. The largest absolute Gasteiger partial charge is 0.337 e. The third-order valence-corrected chi connectivity index (χ3v) is 3.56. The predicted molar refractivity (Wildman–Crippen MR) is 73.2 cm³/mol. The fraction of sp³-hybridized carbons (Fsp3) is 0.286. The molecule has 0 radical (unpaired) electrons. The van der Waals surface area contributed by atoms with Crippen molar-refractivity contribution >= 4 is 17.2 Å². The molecule has 92 valence electrons. The van der Waals surface area contributed by atoms with Gasteiger partial charge >= 0.3 is 0 Å². The summed E-state index contributed by atoms with van der Waals surface area (Å²) in [5.74, 6) is 1.02. The molecule has 3 heterocycles. The SMILES string of the molecule is Cc1ccncc1N1c2cccnc2N(C)C1C. The molecule has 0 N–H and O–H groups in total. The molecular formula is C14H16N4. The van der Waals surface area contributed by atoms with E-state index in [0.29, 0.717) is 0 Å². The number of anilines is 3. The van der Waals surface area contributed by atoms with Gasteiger partial charge < -0.3 is 9.80 Å². The Morgan fingerprint density at radius 3 is 2.78 bits per heavy atom. The third kappa shape index (κ3) is 1.45. The minimum atomic E-state index is 0.248. The molecule has 0 saturated carbocycles. The molecule has 0 aromatic carbocycles. The molecule has 0 amide bonds. The van der Waals surface area contributed by atoms with Crippen LogP contribution in [0.1, 0.15) is 12.5 Å². The lowest BCUT2D eigenvalue weighted by Gasteiger charge is -2.28. The van der Waals surface area contributed by atoms with Crippen molar-refractivity contribution in [3.8, 4) is 0 Å². The van der Waals surface area contributed by atoms with Gasteiger partial charge in [0, 0.05) is 19.4 Å². The maximum absolute atomic E-state index is 4.46. The van der Waals surface area contributed by atoms with E-state index in [0.717, 1.165) is 17.2 Å². The van der Waals surface area contributed by atoms with Crippen LogP contribution in [0, 0.1) is 6.92 Å². The van der Waals surface area contributed by atoms with E-state index in [9.17, 15) is 0 Å². The zero-order valence-corrected chi connectivity index (χ0v) is 10.8. The summed E-state index contributed by atoms with van der Waals surface area (Å²) in [6.45, 7) is 4.28. The highest BCUT2D eigenvalue weighted by Crippen LogP contribution is 2.42. The van der Waals surface area contributed by atoms with E-state index >= 15 is 0 Å². The number of fused-ring (bicyclic) bond motifs is 1. The van der Waals surface area contributed by atoms with Gasteiger partial charge in [0.25, 0.3) is 0 Å². The molecule has 0 aliphatic carbocycles. The maximum Gasteiger partial charge on any atom is 0.153 e. The van der Waals surface area contributed by atoms with Crippen LogP contribution in [0.15, 0.2) is 36.8 Å². The van der Waals surface area contributed by atoms with Crippen LogP contribution >= 0.6 is 0 Å². The molecule has 1 atom stereocenters. The Balaban J connectivity index is 2.16. The first-order valence-electron chi connectivity index (χ1n) is 6.08. The van der Waals surface area contributed by atoms with E-state index in [1.165, 1.54) is 5.56 Å². The Morgan fingerprint density at radius 1 is 1.17 bits per heavy atom. The molecule has 2 aromatic rings. The van der Waals surface area contributed by atoms with Gasteiger partial charge in [-0.25, -0.2) is 4.98 Å². The number of hydrogen-bond acceptors (Lipinski definition) is 4. The van der Waals surface area contributed by atoms with Gasteiger partial charge in [-0.1, -0.05) is 0 Å². The lowest BCUT2D eigenvalue weighted by molar-refractivity contribution is 0.727. The quantitative estimate of drug-likeness (QED) is 0.767. The van der Waals surface area contributed by atoms with Gasteiger partial charge in [-0.3, -0.25) is 4.98 Å². The van der Waals surface area contributed by atoms with Crippen molar-refractivity contribution in [1.29, 1.82) is 0 Å². The Hall–Kier alpha value is -2.10. The van der Waals surface area contributed by atoms with Crippen molar-refractivity contribution in [3.63, 3.8) is 0 Å². The molecule has 18 heavy (non-hydrogen) atoms. The van der Waals surface area contributed by atoms with Crippen LogP contribution in [-0.2, 0) is 0 Å². The average molecular weight is 240 g/mol. The second-order valence-electron chi connectivity index (χ2n) is 4.62. The average Bonchev–Trinajstić information content (AvgIpc) is 2.64. The molecule has 0 fully saturated rings. The van der Waals surface area contributed by atoms with Crippen molar-refractivity contribution in [2.24, 2.45) is 0 Å². The summed E-state index contributed by atoms with van der Waals surface area (Å²) in [6.07, 6.45) is 5.83. The van der Waals surface area contributed by atoms with E-state index in [1.807, 2.05) is 30.7 Å². The first-order chi connectivity index (χ1) is 8.70. The van der Waals surface area contributed by atoms with Crippen LogP contribution in [-0.4, -0.2) is 23.2 Å². The van der Waals surface area contributed by atoms with Crippen molar-refractivity contribution in [1.82, 2.24) is 9.97 Å². The smallest absolute Gasteiger partial charge is 0.153 e. The zero-order valence-electron chi connectivity index (χ0n) is 10.8. The lowest BCUT2D eigenvalue weighted by atomic mass is 10.2.